The van der Waals surface area contributed by atoms with E-state index >= 15 is 0 Å². The van der Waals surface area contributed by atoms with Gasteiger partial charge < -0.3 is 5.32 Å². The second kappa shape index (κ2) is 8.31. The highest BCUT2D eigenvalue weighted by Crippen LogP contribution is 2.13. The smallest absolute Gasteiger partial charge is 0.223 e. The van der Waals surface area contributed by atoms with E-state index in [0.29, 0.717) is 12.1 Å². The molecule has 1 N–H and O–H groups in total. The van der Waals surface area contributed by atoms with Crippen molar-refractivity contribution in [2.75, 3.05) is 0 Å². The third-order valence-corrected chi connectivity index (χ3v) is 3.32. The van der Waals surface area contributed by atoms with Crippen LogP contribution >= 0.6 is 0 Å². The molecule has 0 heterocycles. The van der Waals surface area contributed by atoms with Crippen molar-refractivity contribution in [2.45, 2.75) is 46.1 Å². The molecule has 0 bridgehead atoms. The van der Waals surface area contributed by atoms with E-state index in [1.54, 1.807) is 12.1 Å². The Morgan fingerprint density at radius 1 is 1.32 bits per heavy atom. The molecule has 0 fully saturated rings. The zero-order valence-corrected chi connectivity index (χ0v) is 11.8. The van der Waals surface area contributed by atoms with Gasteiger partial charge in [0.1, 0.15) is 0 Å². The van der Waals surface area contributed by atoms with Crippen molar-refractivity contribution in [1.29, 1.82) is 5.26 Å². The molecule has 0 aliphatic heterocycles. The molecule has 0 aliphatic rings. The first-order valence-electron chi connectivity index (χ1n) is 6.98. The summed E-state index contributed by atoms with van der Waals surface area (Å²) in [5, 5.41) is 11.7. The summed E-state index contributed by atoms with van der Waals surface area (Å²) in [5.74, 6) is 0.263. The molecule has 102 valence electrons. The Hall–Kier alpha value is -1.82. The van der Waals surface area contributed by atoms with Gasteiger partial charge in [-0.2, -0.15) is 5.26 Å². The SMILES string of the molecule is CCCCC(CC)C(=O)NCc1ccc(C#N)cc1. The molecular weight excluding hydrogens is 236 g/mol. The van der Waals surface area contributed by atoms with Crippen LogP contribution in [0.1, 0.15) is 50.7 Å². The molecule has 1 atom stereocenters. The molecule has 0 saturated carbocycles. The standard InChI is InChI=1S/C16H22N2O/c1-3-5-6-15(4-2)16(19)18-12-14-9-7-13(11-17)8-10-14/h7-10,15H,3-6,12H2,1-2H3,(H,18,19). The van der Waals surface area contributed by atoms with Crippen molar-refractivity contribution in [2.24, 2.45) is 5.92 Å². The lowest BCUT2D eigenvalue weighted by molar-refractivity contribution is -0.125. The highest BCUT2D eigenvalue weighted by molar-refractivity contribution is 5.78. The second-order valence-corrected chi connectivity index (χ2v) is 4.77. The number of rotatable bonds is 7. The summed E-state index contributed by atoms with van der Waals surface area (Å²) in [7, 11) is 0. The van der Waals surface area contributed by atoms with E-state index in [2.05, 4.69) is 25.2 Å². The van der Waals surface area contributed by atoms with E-state index in [1.165, 1.54) is 0 Å². The zero-order valence-electron chi connectivity index (χ0n) is 11.8. The Balaban J connectivity index is 2.45. The van der Waals surface area contributed by atoms with Crippen molar-refractivity contribution in [3.05, 3.63) is 35.4 Å². The Labute approximate surface area is 115 Å². The van der Waals surface area contributed by atoms with Gasteiger partial charge in [0.25, 0.3) is 0 Å². The minimum Gasteiger partial charge on any atom is -0.352 e. The van der Waals surface area contributed by atoms with Gasteiger partial charge in [-0.15, -0.1) is 0 Å². The molecule has 0 aliphatic carbocycles. The molecule has 1 unspecified atom stereocenters. The number of nitrogens with zero attached hydrogens (tertiary/aromatic N) is 1. The molecule has 1 rings (SSSR count). The van der Waals surface area contributed by atoms with Gasteiger partial charge in [-0.3, -0.25) is 4.79 Å². The van der Waals surface area contributed by atoms with Crippen LogP contribution in [-0.4, -0.2) is 5.91 Å². The number of nitriles is 1. The van der Waals surface area contributed by atoms with Crippen molar-refractivity contribution in [3.63, 3.8) is 0 Å². The number of amides is 1. The molecule has 1 aromatic carbocycles. The number of carbonyl (C=O) groups excluding carboxylic acids is 1. The monoisotopic (exact) mass is 258 g/mol. The summed E-state index contributed by atoms with van der Waals surface area (Å²) in [6.07, 6.45) is 4.08. The van der Waals surface area contributed by atoms with Gasteiger partial charge in [0.2, 0.25) is 5.91 Å². The van der Waals surface area contributed by atoms with Crippen molar-refractivity contribution >= 4 is 5.91 Å². The fourth-order valence-corrected chi connectivity index (χ4v) is 2.00. The molecule has 3 nitrogen and oxygen atoms in total. The summed E-state index contributed by atoms with van der Waals surface area (Å²) in [4.78, 5) is 12.0. The molecular formula is C16H22N2O. The van der Waals surface area contributed by atoms with Gasteiger partial charge in [0.15, 0.2) is 0 Å². The van der Waals surface area contributed by atoms with Crippen LogP contribution in [0.5, 0.6) is 0 Å². The summed E-state index contributed by atoms with van der Waals surface area (Å²) in [6.45, 7) is 4.73. The number of carbonyl (C=O) groups is 1. The van der Waals surface area contributed by atoms with Crippen molar-refractivity contribution in [3.8, 4) is 6.07 Å². The third-order valence-electron chi connectivity index (χ3n) is 3.32. The van der Waals surface area contributed by atoms with Gasteiger partial charge in [0.05, 0.1) is 11.6 Å². The normalized spacial score (nSPS) is 11.6. The minimum atomic E-state index is 0.123. The lowest BCUT2D eigenvalue weighted by Crippen LogP contribution is -2.30. The Kier molecular flexibility index (Phi) is 6.67. The molecule has 0 radical (unpaired) electrons. The van der Waals surface area contributed by atoms with E-state index in [1.807, 2.05) is 12.1 Å². The summed E-state index contributed by atoms with van der Waals surface area (Å²) < 4.78 is 0. The number of nitrogens with one attached hydrogen (secondary N) is 1. The van der Waals surface area contributed by atoms with Crippen molar-refractivity contribution in [1.82, 2.24) is 5.32 Å². The zero-order chi connectivity index (χ0) is 14.1. The van der Waals surface area contributed by atoms with Crippen molar-refractivity contribution < 1.29 is 4.79 Å². The van der Waals surface area contributed by atoms with Gasteiger partial charge in [-0.1, -0.05) is 38.8 Å². The van der Waals surface area contributed by atoms with Crippen LogP contribution in [0.4, 0.5) is 0 Å². The fraction of sp³-hybridized carbons (Fsp3) is 0.500. The average Bonchev–Trinajstić information content (AvgIpc) is 2.46. The minimum absolute atomic E-state index is 0.123. The highest BCUT2D eigenvalue weighted by Gasteiger charge is 2.14. The fourth-order valence-electron chi connectivity index (χ4n) is 2.00. The van der Waals surface area contributed by atoms with E-state index in [-0.39, 0.29) is 11.8 Å². The lowest BCUT2D eigenvalue weighted by Gasteiger charge is -2.14. The quantitative estimate of drug-likeness (QED) is 0.815. The molecule has 1 aromatic rings. The summed E-state index contributed by atoms with van der Waals surface area (Å²) in [6, 6.07) is 9.39. The van der Waals surface area contributed by atoms with Crippen LogP contribution in [0, 0.1) is 17.2 Å². The lowest BCUT2D eigenvalue weighted by atomic mass is 9.98. The number of unbranched alkanes of at least 4 members (excludes halogenated alkanes) is 1. The predicted octanol–water partition coefficient (Wildman–Crippen LogP) is 3.39. The van der Waals surface area contributed by atoms with E-state index in [0.717, 1.165) is 31.2 Å². The maximum atomic E-state index is 12.0. The second-order valence-electron chi connectivity index (χ2n) is 4.77. The van der Waals surface area contributed by atoms with Gasteiger partial charge in [-0.25, -0.2) is 0 Å². The first-order chi connectivity index (χ1) is 9.21. The maximum absolute atomic E-state index is 12.0. The Morgan fingerprint density at radius 3 is 2.53 bits per heavy atom. The van der Waals surface area contributed by atoms with Gasteiger partial charge in [0, 0.05) is 12.5 Å². The van der Waals surface area contributed by atoms with Crippen LogP contribution in [0.25, 0.3) is 0 Å². The molecule has 3 heteroatoms. The Bertz CT molecular complexity index is 431. The van der Waals surface area contributed by atoms with Crippen LogP contribution in [0.2, 0.25) is 0 Å². The van der Waals surface area contributed by atoms with E-state index in [9.17, 15) is 4.79 Å². The number of benzene rings is 1. The topological polar surface area (TPSA) is 52.9 Å². The first-order valence-corrected chi connectivity index (χ1v) is 6.98. The van der Waals surface area contributed by atoms with Gasteiger partial charge >= 0.3 is 0 Å². The van der Waals surface area contributed by atoms with Crippen LogP contribution in [0.15, 0.2) is 24.3 Å². The van der Waals surface area contributed by atoms with Crippen LogP contribution in [-0.2, 0) is 11.3 Å². The first kappa shape index (κ1) is 15.2. The maximum Gasteiger partial charge on any atom is 0.223 e. The van der Waals surface area contributed by atoms with Gasteiger partial charge in [-0.05, 0) is 30.5 Å². The van der Waals surface area contributed by atoms with E-state index < -0.39 is 0 Å². The third kappa shape index (κ3) is 5.13. The predicted molar refractivity (Wildman–Crippen MR) is 76.3 cm³/mol. The molecule has 0 spiro atoms. The van der Waals surface area contributed by atoms with Crippen LogP contribution in [0.3, 0.4) is 0 Å². The Morgan fingerprint density at radius 2 is 2.00 bits per heavy atom. The number of hydrogen-bond donors (Lipinski definition) is 1. The largest absolute Gasteiger partial charge is 0.352 e. The van der Waals surface area contributed by atoms with Crippen LogP contribution < -0.4 is 5.32 Å². The molecule has 0 aromatic heterocycles. The molecule has 19 heavy (non-hydrogen) atoms. The molecule has 1 amide bonds. The van der Waals surface area contributed by atoms with E-state index in [4.69, 9.17) is 5.26 Å². The summed E-state index contributed by atoms with van der Waals surface area (Å²) >= 11 is 0. The molecule has 0 saturated heterocycles. The average molecular weight is 258 g/mol. The highest BCUT2D eigenvalue weighted by atomic mass is 16.1. The number of hydrogen-bond acceptors (Lipinski definition) is 2. The summed E-state index contributed by atoms with van der Waals surface area (Å²) in [5.41, 5.74) is 1.67.